The normalized spacial score (nSPS) is 27.0. The number of carbonyl (C=O) groups is 1. The first-order valence-electron chi connectivity index (χ1n) is 8.27. The monoisotopic (exact) mass is 323 g/mol. The van der Waals surface area contributed by atoms with Crippen molar-refractivity contribution >= 4 is 5.91 Å². The van der Waals surface area contributed by atoms with Crippen LogP contribution in [0.4, 0.5) is 0 Å². The van der Waals surface area contributed by atoms with E-state index in [0.717, 1.165) is 31.8 Å². The second-order valence-corrected chi connectivity index (χ2v) is 6.19. The maximum atomic E-state index is 12.4. The first kappa shape index (κ1) is 16.4. The number of morpholine rings is 1. The molecular formula is C15H25N5O3. The number of nitrogens with one attached hydrogen (secondary N) is 2. The molecule has 3 rings (SSSR count). The SMILES string of the molecule is Cc1nc(C2CN(C(C)C(=O)NCC3CCCO3)CCO2)n[nH]1. The van der Waals surface area contributed by atoms with Gasteiger partial charge in [-0.3, -0.25) is 14.8 Å². The van der Waals surface area contributed by atoms with Crippen molar-refractivity contribution in [2.24, 2.45) is 0 Å². The third-order valence-corrected chi connectivity index (χ3v) is 4.46. The van der Waals surface area contributed by atoms with Crippen molar-refractivity contribution in [2.45, 2.75) is 44.9 Å². The molecule has 3 heterocycles. The van der Waals surface area contributed by atoms with Crippen molar-refractivity contribution in [3.8, 4) is 0 Å². The second-order valence-electron chi connectivity index (χ2n) is 6.19. The van der Waals surface area contributed by atoms with Crippen molar-refractivity contribution < 1.29 is 14.3 Å². The number of rotatable bonds is 5. The van der Waals surface area contributed by atoms with Gasteiger partial charge in [-0.15, -0.1) is 0 Å². The third kappa shape index (κ3) is 4.07. The molecule has 2 saturated heterocycles. The van der Waals surface area contributed by atoms with E-state index >= 15 is 0 Å². The summed E-state index contributed by atoms with van der Waals surface area (Å²) < 4.78 is 11.3. The topological polar surface area (TPSA) is 92.4 Å². The molecule has 2 aliphatic rings. The number of H-pyrrole nitrogens is 1. The van der Waals surface area contributed by atoms with Gasteiger partial charge < -0.3 is 14.8 Å². The second kappa shape index (κ2) is 7.37. The first-order chi connectivity index (χ1) is 11.1. The van der Waals surface area contributed by atoms with Crippen molar-refractivity contribution in [1.29, 1.82) is 0 Å². The lowest BCUT2D eigenvalue weighted by Crippen LogP contribution is -2.51. The minimum Gasteiger partial charge on any atom is -0.376 e. The number of ether oxygens (including phenoxy) is 2. The highest BCUT2D eigenvalue weighted by molar-refractivity contribution is 5.81. The maximum absolute atomic E-state index is 12.4. The van der Waals surface area contributed by atoms with Gasteiger partial charge in [0.2, 0.25) is 5.91 Å². The predicted molar refractivity (Wildman–Crippen MR) is 82.8 cm³/mol. The van der Waals surface area contributed by atoms with Crippen LogP contribution in [-0.4, -0.2) is 71.0 Å². The highest BCUT2D eigenvalue weighted by Crippen LogP contribution is 2.20. The van der Waals surface area contributed by atoms with Gasteiger partial charge in [-0.1, -0.05) is 0 Å². The number of nitrogens with zero attached hydrogens (tertiary/aromatic N) is 3. The largest absolute Gasteiger partial charge is 0.376 e. The lowest BCUT2D eigenvalue weighted by Gasteiger charge is -2.35. The Morgan fingerprint density at radius 3 is 3.04 bits per heavy atom. The van der Waals surface area contributed by atoms with Gasteiger partial charge in [0, 0.05) is 26.2 Å². The molecule has 3 atom stereocenters. The van der Waals surface area contributed by atoms with Crippen LogP contribution in [0.25, 0.3) is 0 Å². The molecule has 2 fully saturated rings. The van der Waals surface area contributed by atoms with Crippen LogP contribution in [0.15, 0.2) is 0 Å². The maximum Gasteiger partial charge on any atom is 0.237 e. The van der Waals surface area contributed by atoms with Crippen molar-refractivity contribution in [1.82, 2.24) is 25.4 Å². The van der Waals surface area contributed by atoms with Gasteiger partial charge >= 0.3 is 0 Å². The van der Waals surface area contributed by atoms with Crippen LogP contribution in [0.3, 0.4) is 0 Å². The van der Waals surface area contributed by atoms with Gasteiger partial charge in [-0.2, -0.15) is 5.10 Å². The van der Waals surface area contributed by atoms with Crippen molar-refractivity contribution in [3.05, 3.63) is 11.6 Å². The van der Waals surface area contributed by atoms with E-state index in [0.29, 0.717) is 25.5 Å². The number of carbonyl (C=O) groups excluding carboxylic acids is 1. The van der Waals surface area contributed by atoms with Crippen LogP contribution >= 0.6 is 0 Å². The molecule has 8 heteroatoms. The number of aryl methyl sites for hydroxylation is 1. The summed E-state index contributed by atoms with van der Waals surface area (Å²) in [4.78, 5) is 18.8. The van der Waals surface area contributed by atoms with Gasteiger partial charge in [-0.05, 0) is 26.7 Å². The fourth-order valence-electron chi connectivity index (χ4n) is 3.01. The summed E-state index contributed by atoms with van der Waals surface area (Å²) in [7, 11) is 0. The van der Waals surface area contributed by atoms with E-state index in [1.54, 1.807) is 0 Å². The smallest absolute Gasteiger partial charge is 0.237 e. The van der Waals surface area contributed by atoms with Gasteiger partial charge in [0.25, 0.3) is 0 Å². The van der Waals surface area contributed by atoms with Crippen LogP contribution in [0, 0.1) is 6.92 Å². The molecule has 0 bridgehead atoms. The summed E-state index contributed by atoms with van der Waals surface area (Å²) in [6, 6.07) is -0.206. The Balaban J connectivity index is 1.51. The molecule has 1 aromatic rings. The van der Waals surface area contributed by atoms with E-state index < -0.39 is 0 Å². The zero-order valence-electron chi connectivity index (χ0n) is 13.7. The highest BCUT2D eigenvalue weighted by Gasteiger charge is 2.30. The Bertz CT molecular complexity index is 529. The van der Waals surface area contributed by atoms with Gasteiger partial charge in [0.05, 0.1) is 18.8 Å². The lowest BCUT2D eigenvalue weighted by molar-refractivity contribution is -0.130. The van der Waals surface area contributed by atoms with Crippen LogP contribution in [-0.2, 0) is 14.3 Å². The van der Waals surface area contributed by atoms with E-state index in [-0.39, 0.29) is 24.2 Å². The van der Waals surface area contributed by atoms with E-state index in [4.69, 9.17) is 9.47 Å². The third-order valence-electron chi connectivity index (χ3n) is 4.46. The van der Waals surface area contributed by atoms with Crippen LogP contribution in [0.5, 0.6) is 0 Å². The number of aromatic nitrogens is 3. The number of aromatic amines is 1. The summed E-state index contributed by atoms with van der Waals surface area (Å²) >= 11 is 0. The predicted octanol–water partition coefficient (Wildman–Crippen LogP) is 0.170. The Labute approximate surface area is 135 Å². The average molecular weight is 323 g/mol. The molecule has 0 aromatic carbocycles. The van der Waals surface area contributed by atoms with Gasteiger partial charge in [0.15, 0.2) is 5.82 Å². The van der Waals surface area contributed by atoms with Crippen LogP contribution in [0.2, 0.25) is 0 Å². The molecule has 2 N–H and O–H groups in total. The number of hydrogen-bond acceptors (Lipinski definition) is 6. The molecule has 23 heavy (non-hydrogen) atoms. The van der Waals surface area contributed by atoms with Crippen LogP contribution < -0.4 is 5.32 Å². The Hall–Kier alpha value is -1.51. The average Bonchev–Trinajstić information content (AvgIpc) is 3.23. The minimum absolute atomic E-state index is 0.0346. The van der Waals surface area contributed by atoms with E-state index in [1.807, 2.05) is 13.8 Å². The van der Waals surface area contributed by atoms with Crippen LogP contribution in [0.1, 0.15) is 37.5 Å². The summed E-state index contributed by atoms with van der Waals surface area (Å²) in [6.45, 7) is 7.10. The minimum atomic E-state index is -0.206. The molecule has 3 unspecified atom stereocenters. The zero-order chi connectivity index (χ0) is 16.2. The molecular weight excluding hydrogens is 298 g/mol. The molecule has 2 aliphatic heterocycles. The fraction of sp³-hybridized carbons (Fsp3) is 0.800. The number of hydrogen-bond donors (Lipinski definition) is 2. The van der Waals surface area contributed by atoms with E-state index in [2.05, 4.69) is 25.4 Å². The van der Waals surface area contributed by atoms with Crippen molar-refractivity contribution in [3.63, 3.8) is 0 Å². The Kier molecular flexibility index (Phi) is 5.24. The fourth-order valence-corrected chi connectivity index (χ4v) is 3.01. The molecule has 128 valence electrons. The zero-order valence-corrected chi connectivity index (χ0v) is 13.7. The van der Waals surface area contributed by atoms with E-state index in [9.17, 15) is 4.79 Å². The first-order valence-corrected chi connectivity index (χ1v) is 8.27. The standard InChI is InChI=1S/C15H25N5O3/c1-10(15(21)16-8-12-4-3-6-22-12)20-5-7-23-13(9-20)14-17-11(2)18-19-14/h10,12-13H,3-9H2,1-2H3,(H,16,21)(H,17,18,19). The quantitative estimate of drug-likeness (QED) is 0.802. The van der Waals surface area contributed by atoms with Gasteiger partial charge in [-0.25, -0.2) is 4.98 Å². The van der Waals surface area contributed by atoms with E-state index in [1.165, 1.54) is 0 Å². The summed E-state index contributed by atoms with van der Waals surface area (Å²) in [5.41, 5.74) is 0. The molecule has 1 amide bonds. The van der Waals surface area contributed by atoms with Gasteiger partial charge in [0.1, 0.15) is 11.9 Å². The Morgan fingerprint density at radius 2 is 2.35 bits per heavy atom. The number of amides is 1. The summed E-state index contributed by atoms with van der Waals surface area (Å²) in [5.74, 6) is 1.45. The summed E-state index contributed by atoms with van der Waals surface area (Å²) in [6.07, 6.45) is 2.08. The molecule has 0 aliphatic carbocycles. The molecule has 8 nitrogen and oxygen atoms in total. The Morgan fingerprint density at radius 1 is 1.48 bits per heavy atom. The molecule has 0 spiro atoms. The summed E-state index contributed by atoms with van der Waals surface area (Å²) in [5, 5.41) is 9.99. The molecule has 0 radical (unpaired) electrons. The highest BCUT2D eigenvalue weighted by atomic mass is 16.5. The van der Waals surface area contributed by atoms with Crippen molar-refractivity contribution in [2.75, 3.05) is 32.8 Å². The lowest BCUT2D eigenvalue weighted by atomic mass is 10.2. The molecule has 0 saturated carbocycles. The molecule has 1 aromatic heterocycles.